The van der Waals surface area contributed by atoms with Crippen molar-refractivity contribution in [3.63, 3.8) is 0 Å². The van der Waals surface area contributed by atoms with Crippen molar-refractivity contribution in [3.05, 3.63) is 52.3 Å². The Hall–Kier alpha value is -3.64. The van der Waals surface area contributed by atoms with Crippen LogP contribution in [0, 0.1) is 6.92 Å². The molecule has 0 N–H and O–H groups in total. The van der Waals surface area contributed by atoms with Crippen LogP contribution < -0.4 is 10.4 Å². The van der Waals surface area contributed by atoms with Gasteiger partial charge in [-0.15, -0.1) is 17.9 Å². The molecule has 30 heavy (non-hydrogen) atoms. The van der Waals surface area contributed by atoms with Crippen LogP contribution in [-0.2, 0) is 0 Å². The number of amides is 1. The summed E-state index contributed by atoms with van der Waals surface area (Å²) in [6.07, 6.45) is -3.57. The number of aromatic nitrogens is 5. The number of benzene rings is 1. The van der Waals surface area contributed by atoms with Gasteiger partial charge in [0.2, 0.25) is 0 Å². The maximum absolute atomic E-state index is 12.9. The van der Waals surface area contributed by atoms with Crippen molar-refractivity contribution in [3.8, 4) is 11.4 Å². The number of rotatable bonds is 3. The Balaban J connectivity index is 1.61. The average molecular weight is 424 g/mol. The second-order valence-corrected chi connectivity index (χ2v) is 6.63. The van der Waals surface area contributed by atoms with E-state index >= 15 is 0 Å². The maximum Gasteiger partial charge on any atom is 0.573 e. The molecule has 0 radical (unpaired) electrons. The Kier molecular flexibility index (Phi) is 4.79. The van der Waals surface area contributed by atoms with E-state index in [1.165, 1.54) is 17.0 Å². The van der Waals surface area contributed by atoms with E-state index in [-0.39, 0.29) is 5.69 Å². The number of nitrogens with zero attached hydrogens (tertiary/aromatic N) is 6. The molecule has 4 rings (SSSR count). The minimum atomic E-state index is -4.89. The van der Waals surface area contributed by atoms with Gasteiger partial charge in [-0.2, -0.15) is 4.68 Å². The Labute approximate surface area is 166 Å². The summed E-state index contributed by atoms with van der Waals surface area (Å²) >= 11 is 0. The van der Waals surface area contributed by atoms with E-state index in [4.69, 9.17) is 4.52 Å². The van der Waals surface area contributed by atoms with Crippen LogP contribution in [0.5, 0.6) is 5.75 Å². The normalized spacial score (nSPS) is 16.8. The van der Waals surface area contributed by atoms with Gasteiger partial charge in [-0.3, -0.25) is 0 Å². The van der Waals surface area contributed by atoms with Crippen LogP contribution in [0.15, 0.2) is 39.6 Å². The van der Waals surface area contributed by atoms with Crippen LogP contribution in [0.2, 0.25) is 0 Å². The lowest BCUT2D eigenvalue weighted by molar-refractivity contribution is -0.274. The molecule has 1 aliphatic heterocycles. The van der Waals surface area contributed by atoms with Crippen LogP contribution in [0.25, 0.3) is 5.69 Å². The number of hydrogen-bond acceptors (Lipinski definition) is 7. The first-order valence-corrected chi connectivity index (χ1v) is 8.88. The van der Waals surface area contributed by atoms with Gasteiger partial charge >= 0.3 is 18.1 Å². The largest absolute Gasteiger partial charge is 0.573 e. The van der Waals surface area contributed by atoms with E-state index in [0.29, 0.717) is 40.2 Å². The minimum Gasteiger partial charge on any atom is -0.406 e. The number of likely N-dealkylation sites (tertiary alicyclic amines) is 1. The van der Waals surface area contributed by atoms with Gasteiger partial charge in [-0.25, -0.2) is 9.59 Å². The molecule has 3 aromatic rings. The first kappa shape index (κ1) is 19.7. The van der Waals surface area contributed by atoms with Crippen molar-refractivity contribution in [2.75, 3.05) is 6.54 Å². The molecular formula is C17H15F3N6O4. The quantitative estimate of drug-likeness (QED) is 0.594. The van der Waals surface area contributed by atoms with Crippen LogP contribution in [0.1, 0.15) is 30.3 Å². The Bertz CT molecular complexity index is 1130. The molecule has 1 aliphatic rings. The van der Waals surface area contributed by atoms with E-state index in [1.807, 2.05) is 0 Å². The standard InChI is InChI=1S/C17H15F3N6O4/c1-10-8-14(30-21-10)13-6-3-7-24(13)15(27)26-16(28)25(22-23-26)11-4-2-5-12(9-11)29-17(18,19)20/h2,4-5,8-9,13H,3,6-7H2,1H3. The fourth-order valence-corrected chi connectivity index (χ4v) is 3.29. The summed E-state index contributed by atoms with van der Waals surface area (Å²) < 4.78 is 47.6. The van der Waals surface area contributed by atoms with E-state index in [9.17, 15) is 22.8 Å². The number of aryl methyl sites for hydroxylation is 1. The fraction of sp³-hybridized carbons (Fsp3) is 0.353. The van der Waals surface area contributed by atoms with Crippen molar-refractivity contribution in [1.29, 1.82) is 0 Å². The molecule has 0 saturated carbocycles. The molecule has 0 aliphatic carbocycles. The smallest absolute Gasteiger partial charge is 0.406 e. The van der Waals surface area contributed by atoms with Crippen LogP contribution in [-0.4, -0.2) is 48.8 Å². The fourth-order valence-electron chi connectivity index (χ4n) is 3.29. The summed E-state index contributed by atoms with van der Waals surface area (Å²) in [6.45, 7) is 2.12. The number of hydrogen-bond donors (Lipinski definition) is 0. The summed E-state index contributed by atoms with van der Waals surface area (Å²) in [5.74, 6) is -0.0381. The predicted molar refractivity (Wildman–Crippen MR) is 93.0 cm³/mol. The third-order valence-corrected chi connectivity index (χ3v) is 4.53. The topological polar surface area (TPSA) is 108 Å². The predicted octanol–water partition coefficient (Wildman–Crippen LogP) is 2.43. The van der Waals surface area contributed by atoms with Crippen molar-refractivity contribution < 1.29 is 27.2 Å². The molecule has 1 amide bonds. The van der Waals surface area contributed by atoms with Crippen molar-refractivity contribution in [2.45, 2.75) is 32.2 Å². The van der Waals surface area contributed by atoms with Gasteiger partial charge in [-0.05, 0) is 42.3 Å². The molecular weight excluding hydrogens is 409 g/mol. The summed E-state index contributed by atoms with van der Waals surface area (Å²) in [7, 11) is 0. The minimum absolute atomic E-state index is 0.0374. The first-order valence-electron chi connectivity index (χ1n) is 8.88. The van der Waals surface area contributed by atoms with Gasteiger partial charge in [0.15, 0.2) is 5.76 Å². The lowest BCUT2D eigenvalue weighted by Crippen LogP contribution is -2.40. The zero-order valence-corrected chi connectivity index (χ0v) is 15.5. The Morgan fingerprint density at radius 2 is 2.07 bits per heavy atom. The lowest BCUT2D eigenvalue weighted by atomic mass is 10.1. The summed E-state index contributed by atoms with van der Waals surface area (Å²) in [6, 6.07) is 5.23. The zero-order valence-electron chi connectivity index (χ0n) is 15.5. The third kappa shape index (κ3) is 3.77. The molecule has 3 heterocycles. The molecule has 0 bridgehead atoms. The van der Waals surface area contributed by atoms with E-state index in [0.717, 1.165) is 12.1 Å². The molecule has 158 valence electrons. The number of tetrazole rings is 1. The van der Waals surface area contributed by atoms with E-state index < -0.39 is 29.9 Å². The van der Waals surface area contributed by atoms with Gasteiger partial charge in [0.1, 0.15) is 5.75 Å². The van der Waals surface area contributed by atoms with Gasteiger partial charge in [-0.1, -0.05) is 11.2 Å². The Morgan fingerprint density at radius 3 is 2.77 bits per heavy atom. The zero-order chi connectivity index (χ0) is 21.5. The Morgan fingerprint density at radius 1 is 1.27 bits per heavy atom. The van der Waals surface area contributed by atoms with Crippen LogP contribution >= 0.6 is 0 Å². The summed E-state index contributed by atoms with van der Waals surface area (Å²) in [5, 5.41) is 11.0. The molecule has 1 fully saturated rings. The number of alkyl halides is 3. The second kappa shape index (κ2) is 7.31. The highest BCUT2D eigenvalue weighted by Gasteiger charge is 2.35. The average Bonchev–Trinajstić information content (AvgIpc) is 3.39. The third-order valence-electron chi connectivity index (χ3n) is 4.53. The second-order valence-electron chi connectivity index (χ2n) is 6.63. The van der Waals surface area contributed by atoms with Crippen molar-refractivity contribution in [1.82, 2.24) is 29.8 Å². The molecule has 0 spiro atoms. The number of carbonyl (C=O) groups is 1. The van der Waals surface area contributed by atoms with Crippen LogP contribution in [0.3, 0.4) is 0 Å². The maximum atomic E-state index is 12.9. The van der Waals surface area contributed by atoms with Gasteiger partial charge in [0.25, 0.3) is 0 Å². The summed E-state index contributed by atoms with van der Waals surface area (Å²) in [5.41, 5.74) is -0.304. The number of ether oxygens (including phenoxy) is 1. The molecule has 1 saturated heterocycles. The van der Waals surface area contributed by atoms with Gasteiger partial charge in [0, 0.05) is 18.7 Å². The van der Waals surface area contributed by atoms with Crippen molar-refractivity contribution >= 4 is 6.03 Å². The van der Waals surface area contributed by atoms with Gasteiger partial charge < -0.3 is 14.2 Å². The summed E-state index contributed by atoms with van der Waals surface area (Å²) in [4.78, 5) is 27.0. The van der Waals surface area contributed by atoms with Gasteiger partial charge in [0.05, 0.1) is 17.4 Å². The SMILES string of the molecule is Cc1cc(C2CCCN2C(=O)n2nnn(-c3cccc(OC(F)(F)F)c3)c2=O)on1. The molecule has 1 aromatic carbocycles. The van der Waals surface area contributed by atoms with E-state index in [2.05, 4.69) is 20.3 Å². The van der Waals surface area contributed by atoms with Crippen LogP contribution in [0.4, 0.5) is 18.0 Å². The first-order chi connectivity index (χ1) is 14.2. The lowest BCUT2D eigenvalue weighted by Gasteiger charge is -2.21. The number of carbonyl (C=O) groups excluding carboxylic acids is 1. The molecule has 10 nitrogen and oxygen atoms in total. The molecule has 1 atom stereocenters. The number of halogens is 3. The monoisotopic (exact) mass is 424 g/mol. The highest BCUT2D eigenvalue weighted by atomic mass is 19.4. The van der Waals surface area contributed by atoms with E-state index in [1.54, 1.807) is 13.0 Å². The molecule has 2 aromatic heterocycles. The highest BCUT2D eigenvalue weighted by molar-refractivity contribution is 5.76. The van der Waals surface area contributed by atoms with Crippen molar-refractivity contribution in [2.24, 2.45) is 0 Å². The molecule has 13 heteroatoms. The molecule has 1 unspecified atom stereocenters. The highest BCUT2D eigenvalue weighted by Crippen LogP contribution is 2.32.